The van der Waals surface area contributed by atoms with Crippen LogP contribution in [0, 0.1) is 19.8 Å². The lowest BCUT2D eigenvalue weighted by Crippen LogP contribution is -2.33. The van der Waals surface area contributed by atoms with Crippen LogP contribution >= 0.6 is 24.0 Å². The fraction of sp³-hybridized carbons (Fsp3) is 0.438. The first kappa shape index (κ1) is 17.7. The Bertz CT molecular complexity index is 704. The molecule has 2 heterocycles. The van der Waals surface area contributed by atoms with E-state index in [0.29, 0.717) is 15.1 Å². The average molecular weight is 352 g/mol. The van der Waals surface area contributed by atoms with Gasteiger partial charge in [0.15, 0.2) is 0 Å². The van der Waals surface area contributed by atoms with Gasteiger partial charge in [-0.3, -0.25) is 14.5 Å². The minimum atomic E-state index is -1.07. The summed E-state index contributed by atoms with van der Waals surface area (Å²) in [7, 11) is 0. The highest BCUT2D eigenvalue weighted by Gasteiger charge is 2.33. The third-order valence-electron chi connectivity index (χ3n) is 3.61. The summed E-state index contributed by atoms with van der Waals surface area (Å²) in [4.78, 5) is 24.7. The number of aromatic nitrogens is 1. The lowest BCUT2D eigenvalue weighted by molar-refractivity contribution is -0.140. The molecule has 0 aromatic carbocycles. The number of thioether (sulfide) groups is 1. The van der Waals surface area contributed by atoms with E-state index in [0.717, 1.165) is 40.2 Å². The summed E-state index contributed by atoms with van der Waals surface area (Å²) in [5.74, 6) is -0.879. The maximum absolute atomic E-state index is 12.3. The van der Waals surface area contributed by atoms with E-state index in [1.165, 1.54) is 0 Å². The van der Waals surface area contributed by atoms with Gasteiger partial charge in [-0.2, -0.15) is 0 Å². The van der Waals surface area contributed by atoms with Crippen molar-refractivity contribution in [3.8, 4) is 0 Å². The molecule has 0 unspecified atom stereocenters. The zero-order chi connectivity index (χ0) is 17.3. The van der Waals surface area contributed by atoms with E-state index in [1.54, 1.807) is 6.08 Å². The number of aliphatic carboxylic acids is 1. The molecule has 0 bridgehead atoms. The molecule has 0 spiro atoms. The summed E-state index contributed by atoms with van der Waals surface area (Å²) in [6.07, 6.45) is 1.81. The number of rotatable bonds is 5. The molecule has 1 aromatic heterocycles. The van der Waals surface area contributed by atoms with Gasteiger partial charge in [0.25, 0.3) is 5.91 Å². The van der Waals surface area contributed by atoms with Crippen LogP contribution in [-0.4, -0.2) is 37.3 Å². The summed E-state index contributed by atoms with van der Waals surface area (Å²) < 4.78 is 2.52. The van der Waals surface area contributed by atoms with Crippen LogP contribution in [0.4, 0.5) is 0 Å². The minimum absolute atomic E-state index is 0.291. The smallest absolute Gasteiger partial charge is 0.323 e. The Labute approximate surface area is 145 Å². The van der Waals surface area contributed by atoms with Crippen LogP contribution in [0.1, 0.15) is 30.8 Å². The van der Waals surface area contributed by atoms with Crippen molar-refractivity contribution in [1.29, 1.82) is 0 Å². The molecule has 0 atom stereocenters. The normalized spacial score (nSPS) is 16.9. The third kappa shape index (κ3) is 3.84. The summed E-state index contributed by atoms with van der Waals surface area (Å²) in [6.45, 7) is 8.92. The first-order valence-electron chi connectivity index (χ1n) is 7.34. The van der Waals surface area contributed by atoms with Crippen molar-refractivity contribution in [3.05, 3.63) is 27.9 Å². The lowest BCUT2D eigenvalue weighted by Gasteiger charge is -2.12. The largest absolute Gasteiger partial charge is 0.480 e. The Balaban J connectivity index is 2.31. The molecule has 1 amide bonds. The van der Waals surface area contributed by atoms with Gasteiger partial charge in [-0.25, -0.2) is 0 Å². The van der Waals surface area contributed by atoms with Crippen molar-refractivity contribution in [2.24, 2.45) is 5.92 Å². The van der Waals surface area contributed by atoms with Gasteiger partial charge in [0.1, 0.15) is 10.9 Å². The van der Waals surface area contributed by atoms with Gasteiger partial charge in [-0.05, 0) is 37.5 Å². The highest BCUT2D eigenvalue weighted by atomic mass is 32.2. The highest BCUT2D eigenvalue weighted by Crippen LogP contribution is 2.33. The number of nitrogens with zero attached hydrogens (tertiary/aromatic N) is 2. The molecule has 2 rings (SSSR count). The Morgan fingerprint density at radius 3 is 2.65 bits per heavy atom. The van der Waals surface area contributed by atoms with E-state index in [9.17, 15) is 9.59 Å². The topological polar surface area (TPSA) is 62.5 Å². The number of carboxylic acid groups (broad SMARTS) is 1. The maximum atomic E-state index is 12.3. The van der Waals surface area contributed by atoms with E-state index >= 15 is 0 Å². The second-order valence-electron chi connectivity index (χ2n) is 5.99. The molecule has 23 heavy (non-hydrogen) atoms. The van der Waals surface area contributed by atoms with E-state index in [4.69, 9.17) is 17.3 Å². The van der Waals surface area contributed by atoms with Crippen LogP contribution in [-0.2, 0) is 16.1 Å². The molecular weight excluding hydrogens is 332 g/mol. The second-order valence-corrected chi connectivity index (χ2v) is 7.67. The van der Waals surface area contributed by atoms with Crippen molar-refractivity contribution in [3.63, 3.8) is 0 Å². The second kappa shape index (κ2) is 6.88. The molecule has 7 heteroatoms. The van der Waals surface area contributed by atoms with Crippen LogP contribution in [0.5, 0.6) is 0 Å². The Kier molecular flexibility index (Phi) is 5.31. The molecule has 1 N–H and O–H groups in total. The van der Waals surface area contributed by atoms with Crippen molar-refractivity contribution in [2.45, 2.75) is 34.2 Å². The number of thiocarbonyl (C=S) groups is 1. The molecule has 1 aromatic rings. The Morgan fingerprint density at radius 1 is 1.43 bits per heavy atom. The first-order chi connectivity index (χ1) is 10.7. The first-order valence-corrected chi connectivity index (χ1v) is 8.57. The molecule has 1 aliphatic heterocycles. The standard InChI is InChI=1S/C16H20N2O3S2/c1-9(2)7-17-10(3)5-12(11(17)4)6-13-15(21)18(8-14(19)20)16(22)23-13/h5-6,9H,7-8H2,1-4H3,(H,19,20)/b13-6-. The van der Waals surface area contributed by atoms with Crippen LogP contribution in [0.3, 0.4) is 0 Å². The fourth-order valence-corrected chi connectivity index (χ4v) is 3.78. The van der Waals surface area contributed by atoms with Crippen molar-refractivity contribution < 1.29 is 14.7 Å². The SMILES string of the molecule is Cc1cc(/C=C2\SC(=S)N(CC(=O)O)C2=O)c(C)n1CC(C)C. The number of carbonyl (C=O) groups excluding carboxylic acids is 1. The molecule has 0 radical (unpaired) electrons. The summed E-state index contributed by atoms with van der Waals surface area (Å²) in [6, 6.07) is 2.04. The predicted molar refractivity (Wildman–Crippen MR) is 96.3 cm³/mol. The summed E-state index contributed by atoms with van der Waals surface area (Å²) in [5.41, 5.74) is 3.21. The molecule has 5 nitrogen and oxygen atoms in total. The van der Waals surface area contributed by atoms with Crippen molar-refractivity contribution in [1.82, 2.24) is 9.47 Å². The van der Waals surface area contributed by atoms with E-state index in [1.807, 2.05) is 19.9 Å². The van der Waals surface area contributed by atoms with Crippen LogP contribution in [0.2, 0.25) is 0 Å². The number of amides is 1. The van der Waals surface area contributed by atoms with Crippen molar-refractivity contribution >= 4 is 46.3 Å². The van der Waals surface area contributed by atoms with E-state index < -0.39 is 12.5 Å². The van der Waals surface area contributed by atoms with Gasteiger partial charge >= 0.3 is 5.97 Å². The summed E-state index contributed by atoms with van der Waals surface area (Å²) in [5, 5.41) is 8.87. The lowest BCUT2D eigenvalue weighted by atomic mass is 10.2. The molecule has 1 aliphatic rings. The molecule has 1 saturated heterocycles. The zero-order valence-corrected chi connectivity index (χ0v) is 15.3. The molecule has 0 aliphatic carbocycles. The van der Waals surface area contributed by atoms with Crippen LogP contribution < -0.4 is 0 Å². The van der Waals surface area contributed by atoms with E-state index in [-0.39, 0.29) is 5.91 Å². The number of carboxylic acids is 1. The van der Waals surface area contributed by atoms with Gasteiger partial charge in [0, 0.05) is 17.9 Å². The number of aryl methyl sites for hydroxylation is 1. The van der Waals surface area contributed by atoms with Gasteiger partial charge in [-0.15, -0.1) is 0 Å². The Hall–Kier alpha value is -1.60. The van der Waals surface area contributed by atoms with Crippen LogP contribution in [0.15, 0.2) is 11.0 Å². The monoisotopic (exact) mass is 352 g/mol. The predicted octanol–water partition coefficient (Wildman–Crippen LogP) is 3.05. The van der Waals surface area contributed by atoms with Crippen LogP contribution in [0.25, 0.3) is 6.08 Å². The molecule has 124 valence electrons. The third-order valence-corrected chi connectivity index (χ3v) is 4.99. The fourth-order valence-electron chi connectivity index (χ4n) is 2.53. The van der Waals surface area contributed by atoms with Gasteiger partial charge in [0.05, 0.1) is 4.91 Å². The van der Waals surface area contributed by atoms with E-state index in [2.05, 4.69) is 18.4 Å². The molecule has 1 fully saturated rings. The minimum Gasteiger partial charge on any atom is -0.480 e. The molecule has 0 saturated carbocycles. The maximum Gasteiger partial charge on any atom is 0.323 e. The number of carbonyl (C=O) groups is 2. The molecular formula is C16H20N2O3S2. The van der Waals surface area contributed by atoms with Gasteiger partial charge in [0.2, 0.25) is 0 Å². The number of hydrogen-bond donors (Lipinski definition) is 1. The van der Waals surface area contributed by atoms with Gasteiger partial charge in [-0.1, -0.05) is 37.8 Å². The highest BCUT2D eigenvalue weighted by molar-refractivity contribution is 8.26. The quantitative estimate of drug-likeness (QED) is 0.652. The van der Waals surface area contributed by atoms with Crippen molar-refractivity contribution in [2.75, 3.05) is 6.54 Å². The number of hydrogen-bond acceptors (Lipinski definition) is 4. The summed E-state index contributed by atoms with van der Waals surface area (Å²) >= 11 is 6.26. The zero-order valence-electron chi connectivity index (χ0n) is 13.6. The Morgan fingerprint density at radius 2 is 2.09 bits per heavy atom. The van der Waals surface area contributed by atoms with Gasteiger partial charge < -0.3 is 9.67 Å². The average Bonchev–Trinajstić information content (AvgIpc) is 2.83.